The topological polar surface area (TPSA) is 62.5 Å². The van der Waals surface area contributed by atoms with Crippen LogP contribution in [-0.2, 0) is 6.54 Å². The zero-order valence-electron chi connectivity index (χ0n) is 9.41. The minimum atomic E-state index is -1.28. The standard InChI is InChI=1S/C12H8F3NO3/c13-8-2-10(15)11(3-9(8)14)16-4-7-1-6(5-19-7)12(17)18/h1-3,5,16H,4H2,(H,17,18). The van der Waals surface area contributed by atoms with E-state index in [9.17, 15) is 18.0 Å². The number of aromatic carboxylic acids is 1. The summed E-state index contributed by atoms with van der Waals surface area (Å²) in [4.78, 5) is 10.6. The van der Waals surface area contributed by atoms with Gasteiger partial charge < -0.3 is 14.8 Å². The number of hydrogen-bond acceptors (Lipinski definition) is 3. The van der Waals surface area contributed by atoms with E-state index in [0.29, 0.717) is 12.1 Å². The molecular weight excluding hydrogens is 263 g/mol. The lowest BCUT2D eigenvalue weighted by Gasteiger charge is -2.06. The molecule has 0 saturated heterocycles. The Balaban J connectivity index is 2.09. The van der Waals surface area contributed by atoms with E-state index in [1.807, 2.05) is 0 Å². The Bertz CT molecular complexity index is 625. The van der Waals surface area contributed by atoms with Crippen molar-refractivity contribution in [3.05, 3.63) is 53.2 Å². The van der Waals surface area contributed by atoms with Crippen LogP contribution in [0.15, 0.2) is 28.9 Å². The van der Waals surface area contributed by atoms with Gasteiger partial charge in [0.1, 0.15) is 17.8 Å². The number of benzene rings is 1. The van der Waals surface area contributed by atoms with Gasteiger partial charge in [-0.3, -0.25) is 0 Å². The maximum Gasteiger partial charge on any atom is 0.338 e. The summed E-state index contributed by atoms with van der Waals surface area (Å²) < 4.78 is 43.8. The van der Waals surface area contributed by atoms with Crippen LogP contribution in [0, 0.1) is 17.5 Å². The highest BCUT2D eigenvalue weighted by atomic mass is 19.2. The predicted octanol–water partition coefficient (Wildman–Crippen LogP) is 3.01. The van der Waals surface area contributed by atoms with E-state index >= 15 is 0 Å². The molecule has 0 aliphatic carbocycles. The molecule has 2 aromatic rings. The molecule has 0 saturated carbocycles. The molecule has 0 spiro atoms. The Morgan fingerprint density at radius 2 is 1.84 bits per heavy atom. The quantitative estimate of drug-likeness (QED) is 0.839. The third kappa shape index (κ3) is 2.87. The highest BCUT2D eigenvalue weighted by Crippen LogP contribution is 2.19. The second-order valence-corrected chi connectivity index (χ2v) is 3.71. The van der Waals surface area contributed by atoms with Gasteiger partial charge in [0.15, 0.2) is 11.6 Å². The van der Waals surface area contributed by atoms with E-state index in [4.69, 9.17) is 9.52 Å². The number of furan rings is 1. The fraction of sp³-hybridized carbons (Fsp3) is 0.0833. The SMILES string of the molecule is O=C(O)c1coc(CNc2cc(F)c(F)cc2F)c1. The van der Waals surface area contributed by atoms with Gasteiger partial charge in [0.2, 0.25) is 0 Å². The van der Waals surface area contributed by atoms with Crippen molar-refractivity contribution in [2.24, 2.45) is 0 Å². The fourth-order valence-corrected chi connectivity index (χ4v) is 1.43. The molecule has 0 amide bonds. The summed E-state index contributed by atoms with van der Waals surface area (Å²) in [5.74, 6) is -4.36. The van der Waals surface area contributed by atoms with Gasteiger partial charge >= 0.3 is 5.97 Å². The van der Waals surface area contributed by atoms with Crippen LogP contribution < -0.4 is 5.32 Å². The molecule has 0 atom stereocenters. The maximum atomic E-state index is 13.3. The van der Waals surface area contributed by atoms with Crippen molar-refractivity contribution in [2.45, 2.75) is 6.54 Å². The Morgan fingerprint density at radius 1 is 1.16 bits per heavy atom. The molecule has 2 rings (SSSR count). The number of anilines is 1. The lowest BCUT2D eigenvalue weighted by Crippen LogP contribution is -2.02. The van der Waals surface area contributed by atoms with Crippen LogP contribution in [0.2, 0.25) is 0 Å². The second-order valence-electron chi connectivity index (χ2n) is 3.71. The average Bonchev–Trinajstić information content (AvgIpc) is 2.81. The van der Waals surface area contributed by atoms with Gasteiger partial charge in [-0.2, -0.15) is 0 Å². The van der Waals surface area contributed by atoms with Crippen molar-refractivity contribution in [3.63, 3.8) is 0 Å². The molecule has 1 aromatic heterocycles. The van der Waals surface area contributed by atoms with E-state index < -0.39 is 23.4 Å². The Hall–Kier alpha value is -2.44. The average molecular weight is 271 g/mol. The van der Waals surface area contributed by atoms with Crippen LogP contribution in [0.4, 0.5) is 18.9 Å². The molecule has 0 radical (unpaired) electrons. The molecule has 4 nitrogen and oxygen atoms in total. The molecule has 0 unspecified atom stereocenters. The summed E-state index contributed by atoms with van der Waals surface area (Å²) in [5.41, 5.74) is -0.297. The number of nitrogens with one attached hydrogen (secondary N) is 1. The molecular formula is C12H8F3NO3. The van der Waals surface area contributed by atoms with Gasteiger partial charge in [-0.05, 0) is 6.07 Å². The van der Waals surface area contributed by atoms with Crippen molar-refractivity contribution in [2.75, 3.05) is 5.32 Å². The van der Waals surface area contributed by atoms with E-state index in [-0.39, 0.29) is 23.6 Å². The van der Waals surface area contributed by atoms with Gasteiger partial charge in [-0.1, -0.05) is 0 Å². The van der Waals surface area contributed by atoms with Crippen LogP contribution in [0.3, 0.4) is 0 Å². The van der Waals surface area contributed by atoms with E-state index in [2.05, 4.69) is 5.32 Å². The third-order valence-corrected chi connectivity index (χ3v) is 2.36. The van der Waals surface area contributed by atoms with Gasteiger partial charge in [0, 0.05) is 12.1 Å². The third-order valence-electron chi connectivity index (χ3n) is 2.36. The largest absolute Gasteiger partial charge is 0.478 e. The molecule has 0 fully saturated rings. The predicted molar refractivity (Wildman–Crippen MR) is 59.3 cm³/mol. The molecule has 19 heavy (non-hydrogen) atoms. The molecule has 0 aliphatic heterocycles. The number of carbonyl (C=O) groups is 1. The fourth-order valence-electron chi connectivity index (χ4n) is 1.43. The van der Waals surface area contributed by atoms with Crippen molar-refractivity contribution in [1.29, 1.82) is 0 Å². The Morgan fingerprint density at radius 3 is 2.47 bits per heavy atom. The lowest BCUT2D eigenvalue weighted by atomic mass is 10.2. The minimum Gasteiger partial charge on any atom is -0.478 e. The first kappa shape index (κ1) is 13.0. The monoisotopic (exact) mass is 271 g/mol. The van der Waals surface area contributed by atoms with Gasteiger partial charge in [-0.15, -0.1) is 0 Å². The number of carboxylic acid groups (broad SMARTS) is 1. The highest BCUT2D eigenvalue weighted by Gasteiger charge is 2.11. The number of hydrogen-bond donors (Lipinski definition) is 2. The van der Waals surface area contributed by atoms with Crippen LogP contribution in [0.5, 0.6) is 0 Å². The van der Waals surface area contributed by atoms with Gasteiger partial charge in [0.25, 0.3) is 0 Å². The summed E-state index contributed by atoms with van der Waals surface area (Å²) in [7, 11) is 0. The zero-order chi connectivity index (χ0) is 14.0. The van der Waals surface area contributed by atoms with E-state index in [1.165, 1.54) is 6.07 Å². The maximum absolute atomic E-state index is 13.3. The second kappa shape index (κ2) is 5.05. The van der Waals surface area contributed by atoms with E-state index in [1.54, 1.807) is 0 Å². The number of halogens is 3. The van der Waals surface area contributed by atoms with Crippen molar-refractivity contribution in [3.8, 4) is 0 Å². The van der Waals surface area contributed by atoms with Gasteiger partial charge in [0.05, 0.1) is 17.8 Å². The Labute approximate surface area is 105 Å². The summed E-state index contributed by atoms with van der Waals surface area (Å²) in [6.07, 6.45) is 1.03. The van der Waals surface area contributed by atoms with Crippen molar-refractivity contribution >= 4 is 11.7 Å². The minimum absolute atomic E-state index is 0.0532. The summed E-state index contributed by atoms with van der Waals surface area (Å²) in [5, 5.41) is 11.1. The van der Waals surface area contributed by atoms with Crippen LogP contribution in [-0.4, -0.2) is 11.1 Å². The first-order valence-corrected chi connectivity index (χ1v) is 5.16. The Kier molecular flexibility index (Phi) is 3.46. The summed E-state index contributed by atoms with van der Waals surface area (Å²) >= 11 is 0. The van der Waals surface area contributed by atoms with Crippen molar-refractivity contribution in [1.82, 2.24) is 0 Å². The van der Waals surface area contributed by atoms with Gasteiger partial charge in [-0.25, -0.2) is 18.0 Å². The normalized spacial score (nSPS) is 10.5. The summed E-state index contributed by atoms with van der Waals surface area (Å²) in [6, 6.07) is 2.33. The number of carboxylic acids is 1. The summed E-state index contributed by atoms with van der Waals surface area (Å²) in [6.45, 7) is -0.0602. The number of rotatable bonds is 4. The van der Waals surface area contributed by atoms with Crippen molar-refractivity contribution < 1.29 is 27.5 Å². The first-order valence-electron chi connectivity index (χ1n) is 5.16. The molecule has 7 heteroatoms. The van der Waals surface area contributed by atoms with Crippen LogP contribution in [0.1, 0.15) is 16.1 Å². The van der Waals surface area contributed by atoms with E-state index in [0.717, 1.165) is 6.26 Å². The van der Waals surface area contributed by atoms with Crippen LogP contribution in [0.25, 0.3) is 0 Å². The molecule has 1 heterocycles. The first-order chi connectivity index (χ1) is 8.97. The zero-order valence-corrected chi connectivity index (χ0v) is 9.41. The molecule has 100 valence electrons. The molecule has 2 N–H and O–H groups in total. The highest BCUT2D eigenvalue weighted by molar-refractivity contribution is 5.87. The molecule has 0 aliphatic rings. The lowest BCUT2D eigenvalue weighted by molar-refractivity contribution is 0.0696. The smallest absolute Gasteiger partial charge is 0.338 e. The molecule has 1 aromatic carbocycles. The molecule has 0 bridgehead atoms. The van der Waals surface area contributed by atoms with Crippen LogP contribution >= 0.6 is 0 Å².